The summed E-state index contributed by atoms with van der Waals surface area (Å²) in [5.41, 5.74) is 1.99. The largest absolute Gasteiger partial charge is 0.459 e. The van der Waals surface area contributed by atoms with Crippen LogP contribution in [0.5, 0.6) is 0 Å². The second kappa shape index (κ2) is 15.8. The normalized spacial score (nSPS) is 18.4. The van der Waals surface area contributed by atoms with E-state index in [2.05, 4.69) is 0 Å². The Morgan fingerprint density at radius 1 is 0.588 bits per heavy atom. The van der Waals surface area contributed by atoms with Gasteiger partial charge in [0.1, 0.15) is 37.6 Å². The molecule has 0 saturated carbocycles. The zero-order chi connectivity index (χ0) is 36.8. The summed E-state index contributed by atoms with van der Waals surface area (Å²) in [6.45, 7) is 5.27. The quantitative estimate of drug-likeness (QED) is 0.120. The van der Waals surface area contributed by atoms with Crippen molar-refractivity contribution in [3.05, 3.63) is 131 Å². The standard InChI is InChI=1S/C37H38O12S2/c1-25-15-19-29(20-16-25)50(40,41)48-31(23-44-35(38)27-11-7-5-8-12-27)33-34(47-37(3,4)46-33)32(24-45-36(39)28-13-9-6-10-14-28)49-51(42,43)30-21-17-26(2)18-22-30/h5-22,31-34H,23-24H2,1-4H3/t31-,32-,33+,34+/m0/s1. The molecule has 4 atom stereocenters. The molecule has 1 aliphatic rings. The first kappa shape index (κ1) is 37.8. The average molecular weight is 739 g/mol. The van der Waals surface area contributed by atoms with E-state index >= 15 is 0 Å². The van der Waals surface area contributed by atoms with Gasteiger partial charge in [0, 0.05) is 0 Å². The first-order chi connectivity index (χ1) is 24.1. The van der Waals surface area contributed by atoms with Crippen LogP contribution in [0.4, 0.5) is 0 Å². The molecule has 0 radical (unpaired) electrons. The zero-order valence-corrected chi connectivity index (χ0v) is 30.0. The molecule has 51 heavy (non-hydrogen) atoms. The van der Waals surface area contributed by atoms with Crippen LogP contribution in [0.25, 0.3) is 0 Å². The molecule has 1 saturated heterocycles. The van der Waals surface area contributed by atoms with Gasteiger partial charge in [-0.2, -0.15) is 16.8 Å². The second-order valence-corrected chi connectivity index (χ2v) is 15.4. The topological polar surface area (TPSA) is 158 Å². The number of hydrogen-bond donors (Lipinski definition) is 0. The predicted molar refractivity (Wildman–Crippen MR) is 184 cm³/mol. The second-order valence-electron chi connectivity index (χ2n) is 12.3. The van der Waals surface area contributed by atoms with E-state index in [1.165, 1.54) is 62.4 Å². The van der Waals surface area contributed by atoms with Crippen molar-refractivity contribution in [2.24, 2.45) is 0 Å². The van der Waals surface area contributed by atoms with E-state index in [1.807, 2.05) is 0 Å². The van der Waals surface area contributed by atoms with Crippen molar-refractivity contribution in [2.45, 2.75) is 67.7 Å². The fraction of sp³-hybridized carbons (Fsp3) is 0.297. The molecule has 0 aromatic heterocycles. The van der Waals surface area contributed by atoms with Crippen molar-refractivity contribution in [3.8, 4) is 0 Å². The number of carbonyl (C=O) groups excluding carboxylic acids is 2. The molecule has 4 aromatic rings. The number of carbonyl (C=O) groups is 2. The van der Waals surface area contributed by atoms with E-state index < -0.39 is 75.6 Å². The Morgan fingerprint density at radius 3 is 1.25 bits per heavy atom. The number of aryl methyl sites for hydroxylation is 2. The third-order valence-corrected chi connectivity index (χ3v) is 10.5. The minimum Gasteiger partial charge on any atom is -0.459 e. The Kier molecular flexibility index (Phi) is 11.7. The number of rotatable bonds is 14. The van der Waals surface area contributed by atoms with Gasteiger partial charge < -0.3 is 18.9 Å². The molecular weight excluding hydrogens is 701 g/mol. The lowest BCUT2D eigenvalue weighted by Gasteiger charge is -2.30. The van der Waals surface area contributed by atoms with Gasteiger partial charge in [0.05, 0.1) is 20.9 Å². The molecule has 0 spiro atoms. The third kappa shape index (κ3) is 9.88. The first-order valence-electron chi connectivity index (χ1n) is 15.9. The van der Waals surface area contributed by atoms with Crippen molar-refractivity contribution < 1.29 is 53.7 Å². The monoisotopic (exact) mass is 738 g/mol. The summed E-state index contributed by atoms with van der Waals surface area (Å²) >= 11 is 0. The molecule has 270 valence electrons. The van der Waals surface area contributed by atoms with Gasteiger partial charge in [-0.25, -0.2) is 9.59 Å². The van der Waals surface area contributed by atoms with Gasteiger partial charge in [0.2, 0.25) is 0 Å². The summed E-state index contributed by atoms with van der Waals surface area (Å²) < 4.78 is 89.3. The number of ether oxygens (including phenoxy) is 4. The summed E-state index contributed by atoms with van der Waals surface area (Å²) in [5, 5.41) is 0. The van der Waals surface area contributed by atoms with Gasteiger partial charge in [-0.15, -0.1) is 0 Å². The lowest BCUT2D eigenvalue weighted by atomic mass is 10.0. The zero-order valence-electron chi connectivity index (χ0n) is 28.3. The summed E-state index contributed by atoms with van der Waals surface area (Å²) in [6, 6.07) is 27.8. The van der Waals surface area contributed by atoms with Crippen molar-refractivity contribution in [1.29, 1.82) is 0 Å². The highest BCUT2D eigenvalue weighted by molar-refractivity contribution is 7.87. The van der Waals surface area contributed by atoms with Crippen molar-refractivity contribution in [1.82, 2.24) is 0 Å². The van der Waals surface area contributed by atoms with Crippen LogP contribution in [0.1, 0.15) is 45.7 Å². The molecule has 1 heterocycles. The minimum absolute atomic E-state index is 0.186. The average Bonchev–Trinajstić information content (AvgIpc) is 3.44. The highest BCUT2D eigenvalue weighted by atomic mass is 32.2. The van der Waals surface area contributed by atoms with Gasteiger partial charge in [0.15, 0.2) is 5.79 Å². The van der Waals surface area contributed by atoms with Crippen molar-refractivity contribution >= 4 is 32.2 Å². The van der Waals surface area contributed by atoms with Crippen LogP contribution in [0.3, 0.4) is 0 Å². The lowest BCUT2D eigenvalue weighted by Crippen LogP contribution is -2.49. The van der Waals surface area contributed by atoms with E-state index in [-0.39, 0.29) is 20.9 Å². The van der Waals surface area contributed by atoms with Gasteiger partial charge in [-0.1, -0.05) is 71.8 Å². The Bertz CT molecular complexity index is 1870. The summed E-state index contributed by atoms with van der Waals surface area (Å²) in [7, 11) is -9.06. The van der Waals surface area contributed by atoms with Gasteiger partial charge in [-0.3, -0.25) is 8.37 Å². The molecule has 0 unspecified atom stereocenters. The predicted octanol–water partition coefficient (Wildman–Crippen LogP) is 5.39. The maximum Gasteiger partial charge on any atom is 0.338 e. The van der Waals surface area contributed by atoms with Crippen LogP contribution in [0, 0.1) is 13.8 Å². The Balaban J connectivity index is 1.51. The number of hydrogen-bond acceptors (Lipinski definition) is 12. The van der Waals surface area contributed by atoms with Crippen molar-refractivity contribution in [3.63, 3.8) is 0 Å². The summed E-state index contributed by atoms with van der Waals surface area (Å²) in [5.74, 6) is -3.02. The molecule has 1 fully saturated rings. The molecule has 14 heteroatoms. The van der Waals surface area contributed by atoms with Crippen LogP contribution >= 0.6 is 0 Å². The SMILES string of the molecule is Cc1ccc(S(=O)(=O)O[C@@H](COC(=O)c2ccccc2)[C@H]2OC(C)(C)O[C@@H]2[C@H](COC(=O)c2ccccc2)OS(=O)(=O)c2ccc(C)cc2)cc1. The molecule has 5 rings (SSSR count). The summed E-state index contributed by atoms with van der Waals surface area (Å²) in [6.07, 6.45) is -6.10. The van der Waals surface area contributed by atoms with Gasteiger partial charge in [-0.05, 0) is 76.2 Å². The van der Waals surface area contributed by atoms with E-state index in [0.29, 0.717) is 0 Å². The summed E-state index contributed by atoms with van der Waals surface area (Å²) in [4.78, 5) is 25.6. The maximum absolute atomic E-state index is 13.6. The smallest absolute Gasteiger partial charge is 0.338 e. The molecule has 0 bridgehead atoms. The van der Waals surface area contributed by atoms with Crippen LogP contribution in [0.15, 0.2) is 119 Å². The molecular formula is C37H38O12S2. The van der Waals surface area contributed by atoms with E-state index in [1.54, 1.807) is 74.5 Å². The highest BCUT2D eigenvalue weighted by Crippen LogP contribution is 2.36. The van der Waals surface area contributed by atoms with Crippen LogP contribution in [-0.4, -0.2) is 72.2 Å². The molecule has 4 aromatic carbocycles. The number of benzene rings is 4. The molecule has 12 nitrogen and oxygen atoms in total. The molecule has 0 aliphatic carbocycles. The van der Waals surface area contributed by atoms with E-state index in [4.69, 9.17) is 27.3 Å². The third-order valence-electron chi connectivity index (χ3n) is 7.79. The Hall–Kier alpha value is -4.44. The van der Waals surface area contributed by atoms with E-state index in [9.17, 15) is 26.4 Å². The first-order valence-corrected chi connectivity index (χ1v) is 18.8. The minimum atomic E-state index is -4.53. The van der Waals surface area contributed by atoms with Gasteiger partial charge in [0.25, 0.3) is 20.2 Å². The fourth-order valence-electron chi connectivity index (χ4n) is 5.22. The van der Waals surface area contributed by atoms with Crippen LogP contribution in [0.2, 0.25) is 0 Å². The van der Waals surface area contributed by atoms with Crippen LogP contribution < -0.4 is 0 Å². The molecule has 1 aliphatic heterocycles. The van der Waals surface area contributed by atoms with E-state index in [0.717, 1.165) is 11.1 Å². The number of esters is 2. The lowest BCUT2D eigenvalue weighted by molar-refractivity contribution is -0.160. The molecule has 0 N–H and O–H groups in total. The maximum atomic E-state index is 13.6. The van der Waals surface area contributed by atoms with Crippen LogP contribution in [-0.2, 0) is 47.5 Å². The Labute approximate surface area is 297 Å². The Morgan fingerprint density at radius 2 is 0.922 bits per heavy atom. The highest BCUT2D eigenvalue weighted by Gasteiger charge is 2.52. The van der Waals surface area contributed by atoms with Gasteiger partial charge >= 0.3 is 11.9 Å². The molecule has 0 amide bonds. The fourth-order valence-corrected chi connectivity index (χ4v) is 7.37. The van der Waals surface area contributed by atoms with Crippen molar-refractivity contribution in [2.75, 3.05) is 13.2 Å².